The number of unbranched alkanes of at least 4 members (excludes halogenated alkanes) is 1. The second-order valence-corrected chi connectivity index (χ2v) is 9.93. The fourth-order valence-electron chi connectivity index (χ4n) is 4.89. The van der Waals surface area contributed by atoms with Gasteiger partial charge in [0.1, 0.15) is 24.2 Å². The summed E-state index contributed by atoms with van der Waals surface area (Å²) in [6.45, 7) is 4.52. The summed E-state index contributed by atoms with van der Waals surface area (Å²) in [5.74, 6) is 2.37. The summed E-state index contributed by atoms with van der Waals surface area (Å²) in [6.07, 6.45) is 9.56. The maximum Gasteiger partial charge on any atom is 0.343 e. The van der Waals surface area contributed by atoms with Crippen molar-refractivity contribution in [3.63, 3.8) is 0 Å². The Hall–Kier alpha value is -2.41. The highest BCUT2D eigenvalue weighted by atomic mass is 16.6. The molecule has 6 heteroatoms. The van der Waals surface area contributed by atoms with Gasteiger partial charge in [0.15, 0.2) is 0 Å². The van der Waals surface area contributed by atoms with Crippen molar-refractivity contribution in [1.82, 2.24) is 0 Å². The molecule has 2 aromatic carbocycles. The SMILES string of the molecule is CCCC1CCC(c2ccc(OC(=O)c3ccc(OCC(COCCCCOC)OC)cc3)cc2)CC1. The van der Waals surface area contributed by atoms with Crippen LogP contribution in [0.4, 0.5) is 0 Å². The minimum absolute atomic E-state index is 0.165. The molecular formula is C31H44O6. The minimum Gasteiger partial charge on any atom is -0.491 e. The van der Waals surface area contributed by atoms with Crippen LogP contribution in [-0.2, 0) is 14.2 Å². The Morgan fingerprint density at radius 3 is 2.19 bits per heavy atom. The molecule has 1 saturated carbocycles. The van der Waals surface area contributed by atoms with Crippen molar-refractivity contribution in [2.75, 3.05) is 40.6 Å². The molecule has 1 aliphatic carbocycles. The fourth-order valence-corrected chi connectivity index (χ4v) is 4.89. The van der Waals surface area contributed by atoms with Gasteiger partial charge < -0.3 is 23.7 Å². The smallest absolute Gasteiger partial charge is 0.343 e. The maximum atomic E-state index is 12.6. The number of carbonyl (C=O) groups excluding carboxylic acids is 1. The zero-order chi connectivity index (χ0) is 26.3. The van der Waals surface area contributed by atoms with Gasteiger partial charge in [0.25, 0.3) is 0 Å². The van der Waals surface area contributed by atoms with Gasteiger partial charge in [-0.2, -0.15) is 0 Å². The molecule has 37 heavy (non-hydrogen) atoms. The number of rotatable bonds is 16. The van der Waals surface area contributed by atoms with E-state index < -0.39 is 0 Å². The lowest BCUT2D eigenvalue weighted by Gasteiger charge is -2.28. The molecule has 0 aromatic heterocycles. The van der Waals surface area contributed by atoms with E-state index in [-0.39, 0.29) is 12.1 Å². The fraction of sp³-hybridized carbons (Fsp3) is 0.581. The zero-order valence-electron chi connectivity index (χ0n) is 22.8. The summed E-state index contributed by atoms with van der Waals surface area (Å²) in [6, 6.07) is 15.0. The Bertz CT molecular complexity index is 887. The molecule has 1 unspecified atom stereocenters. The zero-order valence-corrected chi connectivity index (χ0v) is 22.8. The molecule has 204 valence electrons. The van der Waals surface area contributed by atoms with Crippen molar-refractivity contribution >= 4 is 5.97 Å². The van der Waals surface area contributed by atoms with Crippen LogP contribution in [0.1, 0.15) is 80.1 Å². The first-order valence-corrected chi connectivity index (χ1v) is 13.8. The number of benzene rings is 2. The quantitative estimate of drug-likeness (QED) is 0.140. The van der Waals surface area contributed by atoms with Crippen LogP contribution in [0, 0.1) is 5.92 Å². The summed E-state index contributed by atoms with van der Waals surface area (Å²) in [5.41, 5.74) is 1.83. The molecule has 0 aliphatic heterocycles. The first-order valence-electron chi connectivity index (χ1n) is 13.8. The van der Waals surface area contributed by atoms with Crippen LogP contribution in [0.15, 0.2) is 48.5 Å². The largest absolute Gasteiger partial charge is 0.491 e. The molecule has 1 aliphatic rings. The normalized spacial score (nSPS) is 18.4. The number of carbonyl (C=O) groups is 1. The summed E-state index contributed by atoms with van der Waals surface area (Å²) in [4.78, 5) is 12.6. The Balaban J connectivity index is 1.40. The van der Waals surface area contributed by atoms with Gasteiger partial charge in [-0.25, -0.2) is 4.79 Å². The van der Waals surface area contributed by atoms with Crippen molar-refractivity contribution in [3.05, 3.63) is 59.7 Å². The van der Waals surface area contributed by atoms with Gasteiger partial charge in [0, 0.05) is 27.4 Å². The standard InChI is InChI=1S/C31H44O6/c1-4-7-24-8-10-25(11-9-24)26-12-18-29(19-13-26)37-31(32)27-14-16-28(17-15-27)36-23-30(34-3)22-35-21-6-5-20-33-2/h12-19,24-25,30H,4-11,20-23H2,1-3H3. The average molecular weight is 513 g/mol. The molecule has 0 heterocycles. The van der Waals surface area contributed by atoms with E-state index >= 15 is 0 Å². The number of hydrogen-bond donors (Lipinski definition) is 0. The molecule has 1 fully saturated rings. The third-order valence-electron chi connectivity index (χ3n) is 7.16. The summed E-state index contributed by atoms with van der Waals surface area (Å²) < 4.78 is 27.6. The summed E-state index contributed by atoms with van der Waals surface area (Å²) in [5, 5.41) is 0. The highest BCUT2D eigenvalue weighted by molar-refractivity contribution is 5.91. The summed E-state index contributed by atoms with van der Waals surface area (Å²) >= 11 is 0. The molecule has 3 rings (SSSR count). The van der Waals surface area contributed by atoms with Crippen molar-refractivity contribution in [2.24, 2.45) is 5.92 Å². The molecule has 1 atom stereocenters. The van der Waals surface area contributed by atoms with Gasteiger partial charge in [0.05, 0.1) is 12.2 Å². The van der Waals surface area contributed by atoms with E-state index in [0.717, 1.165) is 25.4 Å². The van der Waals surface area contributed by atoms with Gasteiger partial charge in [-0.1, -0.05) is 31.9 Å². The molecule has 0 radical (unpaired) electrons. The van der Waals surface area contributed by atoms with Gasteiger partial charge in [-0.3, -0.25) is 0 Å². The highest BCUT2D eigenvalue weighted by Crippen LogP contribution is 2.37. The van der Waals surface area contributed by atoms with Gasteiger partial charge in [0.2, 0.25) is 0 Å². The molecule has 0 amide bonds. The minimum atomic E-state index is -0.379. The number of hydrogen-bond acceptors (Lipinski definition) is 6. The molecule has 0 N–H and O–H groups in total. The Morgan fingerprint density at radius 1 is 0.865 bits per heavy atom. The number of methoxy groups -OCH3 is 2. The predicted octanol–water partition coefficient (Wildman–Crippen LogP) is 6.82. The predicted molar refractivity (Wildman–Crippen MR) is 146 cm³/mol. The average Bonchev–Trinajstić information content (AvgIpc) is 2.93. The second-order valence-electron chi connectivity index (χ2n) is 9.93. The van der Waals surface area contributed by atoms with Gasteiger partial charge in [-0.15, -0.1) is 0 Å². The van der Waals surface area contributed by atoms with Crippen LogP contribution in [0.25, 0.3) is 0 Å². The van der Waals surface area contributed by atoms with Gasteiger partial charge >= 0.3 is 5.97 Å². The van der Waals surface area contributed by atoms with Crippen molar-refractivity contribution < 1.29 is 28.5 Å². The molecule has 0 bridgehead atoms. The van der Waals surface area contributed by atoms with Crippen molar-refractivity contribution in [1.29, 1.82) is 0 Å². The van der Waals surface area contributed by atoms with E-state index in [1.54, 1.807) is 38.5 Å². The van der Waals surface area contributed by atoms with E-state index in [0.29, 0.717) is 42.8 Å². The van der Waals surface area contributed by atoms with E-state index in [2.05, 4.69) is 19.1 Å². The monoisotopic (exact) mass is 512 g/mol. The Kier molecular flexibility index (Phi) is 12.9. The van der Waals surface area contributed by atoms with Crippen LogP contribution in [0.2, 0.25) is 0 Å². The Labute approximate surface area is 222 Å². The van der Waals surface area contributed by atoms with Crippen LogP contribution in [-0.4, -0.2) is 52.7 Å². The van der Waals surface area contributed by atoms with Crippen molar-refractivity contribution in [2.45, 2.75) is 70.3 Å². The third kappa shape index (κ3) is 10.1. The molecule has 0 saturated heterocycles. The lowest BCUT2D eigenvalue weighted by Crippen LogP contribution is -2.26. The van der Waals surface area contributed by atoms with E-state index in [1.807, 2.05) is 12.1 Å². The van der Waals surface area contributed by atoms with Crippen LogP contribution < -0.4 is 9.47 Å². The van der Waals surface area contributed by atoms with Crippen LogP contribution in [0.3, 0.4) is 0 Å². The lowest BCUT2D eigenvalue weighted by atomic mass is 9.77. The van der Waals surface area contributed by atoms with Crippen molar-refractivity contribution in [3.8, 4) is 11.5 Å². The number of esters is 1. The van der Waals surface area contributed by atoms with Gasteiger partial charge in [-0.05, 0) is 92.3 Å². The topological polar surface area (TPSA) is 63.2 Å². The van der Waals surface area contributed by atoms with E-state index in [4.69, 9.17) is 23.7 Å². The molecule has 0 spiro atoms. The van der Waals surface area contributed by atoms with E-state index in [9.17, 15) is 4.79 Å². The van der Waals surface area contributed by atoms with Crippen LogP contribution >= 0.6 is 0 Å². The lowest BCUT2D eigenvalue weighted by molar-refractivity contribution is -0.0158. The second kappa shape index (κ2) is 16.4. The highest BCUT2D eigenvalue weighted by Gasteiger charge is 2.22. The molecule has 6 nitrogen and oxygen atoms in total. The first kappa shape index (κ1) is 29.2. The Morgan fingerprint density at radius 2 is 1.54 bits per heavy atom. The molecule has 2 aromatic rings. The number of ether oxygens (including phenoxy) is 5. The van der Waals surface area contributed by atoms with Crippen LogP contribution in [0.5, 0.6) is 11.5 Å². The molecular weight excluding hydrogens is 468 g/mol. The summed E-state index contributed by atoms with van der Waals surface area (Å²) in [7, 11) is 3.35. The van der Waals surface area contributed by atoms with E-state index in [1.165, 1.54) is 44.1 Å². The maximum absolute atomic E-state index is 12.6. The first-order chi connectivity index (χ1) is 18.1. The third-order valence-corrected chi connectivity index (χ3v) is 7.16.